The van der Waals surface area contributed by atoms with Crippen LogP contribution in [0.5, 0.6) is 0 Å². The Morgan fingerprint density at radius 1 is 1.77 bits per heavy atom. The fourth-order valence-electron chi connectivity index (χ4n) is 1.72. The highest BCUT2D eigenvalue weighted by molar-refractivity contribution is 5.46. The van der Waals surface area contributed by atoms with Gasteiger partial charge in [-0.1, -0.05) is 6.92 Å². The average Bonchev–Trinajstić information content (AvgIpc) is 2.18. The molecule has 76 valence electrons. The SMILES string of the molecule is CCC(C)N1CCNCC1NC=O. The van der Waals surface area contributed by atoms with Crippen molar-refractivity contribution in [3.63, 3.8) is 0 Å². The first-order chi connectivity index (χ1) is 6.29. The zero-order chi connectivity index (χ0) is 9.68. The molecule has 2 N–H and O–H groups in total. The van der Waals surface area contributed by atoms with E-state index in [1.165, 1.54) is 0 Å². The van der Waals surface area contributed by atoms with Crippen LogP contribution in [0.25, 0.3) is 0 Å². The Morgan fingerprint density at radius 3 is 3.15 bits per heavy atom. The molecule has 4 heteroatoms. The van der Waals surface area contributed by atoms with Gasteiger partial charge in [0.2, 0.25) is 6.41 Å². The number of nitrogens with zero attached hydrogens (tertiary/aromatic N) is 1. The number of amides is 1. The second-order valence-corrected chi connectivity index (χ2v) is 3.50. The van der Waals surface area contributed by atoms with Crippen LogP contribution in [-0.4, -0.2) is 43.2 Å². The van der Waals surface area contributed by atoms with Crippen molar-refractivity contribution in [2.45, 2.75) is 32.5 Å². The van der Waals surface area contributed by atoms with E-state index in [9.17, 15) is 4.79 Å². The van der Waals surface area contributed by atoms with E-state index in [1.807, 2.05) is 0 Å². The molecule has 0 bridgehead atoms. The average molecular weight is 185 g/mol. The molecule has 4 nitrogen and oxygen atoms in total. The smallest absolute Gasteiger partial charge is 0.208 e. The first-order valence-corrected chi connectivity index (χ1v) is 4.95. The van der Waals surface area contributed by atoms with Gasteiger partial charge in [-0.15, -0.1) is 0 Å². The van der Waals surface area contributed by atoms with E-state index in [-0.39, 0.29) is 6.17 Å². The van der Waals surface area contributed by atoms with Gasteiger partial charge in [-0.3, -0.25) is 9.69 Å². The number of piperazine rings is 1. The molecule has 0 aromatic rings. The van der Waals surface area contributed by atoms with Crippen molar-refractivity contribution in [1.82, 2.24) is 15.5 Å². The van der Waals surface area contributed by atoms with Gasteiger partial charge >= 0.3 is 0 Å². The Hall–Kier alpha value is -0.610. The lowest BCUT2D eigenvalue weighted by Gasteiger charge is -2.39. The van der Waals surface area contributed by atoms with Crippen LogP contribution >= 0.6 is 0 Å². The van der Waals surface area contributed by atoms with Crippen molar-refractivity contribution < 1.29 is 4.79 Å². The van der Waals surface area contributed by atoms with Crippen LogP contribution in [0.1, 0.15) is 20.3 Å². The number of hydrogen-bond donors (Lipinski definition) is 2. The van der Waals surface area contributed by atoms with E-state index in [1.54, 1.807) is 0 Å². The van der Waals surface area contributed by atoms with Crippen molar-refractivity contribution in [2.75, 3.05) is 19.6 Å². The Labute approximate surface area is 79.7 Å². The molecule has 1 aliphatic rings. The molecule has 0 aromatic carbocycles. The molecular weight excluding hydrogens is 166 g/mol. The predicted molar refractivity (Wildman–Crippen MR) is 52.3 cm³/mol. The predicted octanol–water partition coefficient (Wildman–Crippen LogP) is -0.238. The molecular formula is C9H19N3O. The summed E-state index contributed by atoms with van der Waals surface area (Å²) in [6, 6.07) is 0.541. The van der Waals surface area contributed by atoms with E-state index >= 15 is 0 Å². The lowest BCUT2D eigenvalue weighted by atomic mass is 10.1. The van der Waals surface area contributed by atoms with Gasteiger partial charge in [-0.05, 0) is 13.3 Å². The summed E-state index contributed by atoms with van der Waals surface area (Å²) in [5.41, 5.74) is 0. The summed E-state index contributed by atoms with van der Waals surface area (Å²) in [6.07, 6.45) is 2.07. The second-order valence-electron chi connectivity index (χ2n) is 3.50. The fraction of sp³-hybridized carbons (Fsp3) is 0.889. The molecule has 13 heavy (non-hydrogen) atoms. The van der Waals surface area contributed by atoms with Gasteiger partial charge in [-0.25, -0.2) is 0 Å². The normalized spacial score (nSPS) is 26.8. The number of hydrogen-bond acceptors (Lipinski definition) is 3. The lowest BCUT2D eigenvalue weighted by Crippen LogP contribution is -2.59. The van der Waals surface area contributed by atoms with E-state index in [0.29, 0.717) is 6.04 Å². The van der Waals surface area contributed by atoms with Crippen LogP contribution < -0.4 is 10.6 Å². The molecule has 0 saturated carbocycles. The van der Waals surface area contributed by atoms with E-state index < -0.39 is 0 Å². The van der Waals surface area contributed by atoms with Crippen LogP contribution in [0, 0.1) is 0 Å². The molecule has 1 rings (SSSR count). The Bertz CT molecular complexity index is 163. The van der Waals surface area contributed by atoms with Crippen LogP contribution in [-0.2, 0) is 4.79 Å². The third kappa shape index (κ3) is 2.67. The first kappa shape index (κ1) is 10.5. The maximum atomic E-state index is 10.4. The molecule has 2 unspecified atom stereocenters. The number of rotatable bonds is 4. The van der Waals surface area contributed by atoms with Crippen LogP contribution in [0.4, 0.5) is 0 Å². The minimum Gasteiger partial charge on any atom is -0.342 e. The largest absolute Gasteiger partial charge is 0.342 e. The standard InChI is InChI=1S/C9H19N3O/c1-3-8(2)12-5-4-10-6-9(12)11-7-13/h7-10H,3-6H2,1-2H3,(H,11,13). The maximum Gasteiger partial charge on any atom is 0.208 e. The summed E-state index contributed by atoms with van der Waals surface area (Å²) in [5.74, 6) is 0. The van der Waals surface area contributed by atoms with Gasteiger partial charge in [0.1, 0.15) is 0 Å². The number of carbonyl (C=O) groups excluding carboxylic acids is 1. The lowest BCUT2D eigenvalue weighted by molar-refractivity contribution is -0.111. The molecule has 0 radical (unpaired) electrons. The third-order valence-corrected chi connectivity index (χ3v) is 2.70. The molecule has 1 saturated heterocycles. The minimum atomic E-state index is 0.168. The highest BCUT2D eigenvalue weighted by atomic mass is 16.1. The van der Waals surface area contributed by atoms with Gasteiger partial charge < -0.3 is 10.6 Å². The number of nitrogens with one attached hydrogen (secondary N) is 2. The van der Waals surface area contributed by atoms with Gasteiger partial charge in [0.05, 0.1) is 6.17 Å². The van der Waals surface area contributed by atoms with Gasteiger partial charge in [0, 0.05) is 25.7 Å². The Morgan fingerprint density at radius 2 is 2.54 bits per heavy atom. The topological polar surface area (TPSA) is 44.4 Å². The van der Waals surface area contributed by atoms with Gasteiger partial charge in [0.25, 0.3) is 0 Å². The third-order valence-electron chi connectivity index (χ3n) is 2.70. The minimum absolute atomic E-state index is 0.168. The summed E-state index contributed by atoms with van der Waals surface area (Å²) in [4.78, 5) is 12.7. The molecule has 0 aromatic heterocycles. The van der Waals surface area contributed by atoms with Gasteiger partial charge in [-0.2, -0.15) is 0 Å². The number of carbonyl (C=O) groups is 1. The monoisotopic (exact) mass is 185 g/mol. The van der Waals surface area contributed by atoms with E-state index in [0.717, 1.165) is 32.5 Å². The van der Waals surface area contributed by atoms with Crippen molar-refractivity contribution in [3.8, 4) is 0 Å². The summed E-state index contributed by atoms with van der Waals surface area (Å²) in [7, 11) is 0. The first-order valence-electron chi connectivity index (χ1n) is 4.95. The zero-order valence-corrected chi connectivity index (χ0v) is 8.42. The van der Waals surface area contributed by atoms with E-state index in [2.05, 4.69) is 29.4 Å². The summed E-state index contributed by atoms with van der Waals surface area (Å²) >= 11 is 0. The van der Waals surface area contributed by atoms with Crippen LogP contribution in [0.2, 0.25) is 0 Å². The van der Waals surface area contributed by atoms with Gasteiger partial charge in [0.15, 0.2) is 0 Å². The van der Waals surface area contributed by atoms with Crippen molar-refractivity contribution >= 4 is 6.41 Å². The van der Waals surface area contributed by atoms with Crippen LogP contribution in [0.15, 0.2) is 0 Å². The molecule has 0 aliphatic carbocycles. The summed E-state index contributed by atoms with van der Waals surface area (Å²) in [5, 5.41) is 6.10. The Balaban J connectivity index is 2.50. The molecule has 2 atom stereocenters. The highest BCUT2D eigenvalue weighted by Gasteiger charge is 2.24. The summed E-state index contributed by atoms with van der Waals surface area (Å²) < 4.78 is 0. The fourth-order valence-corrected chi connectivity index (χ4v) is 1.72. The zero-order valence-electron chi connectivity index (χ0n) is 8.42. The second kappa shape index (κ2) is 5.19. The summed E-state index contributed by atoms with van der Waals surface area (Å²) in [6.45, 7) is 7.25. The van der Waals surface area contributed by atoms with Crippen molar-refractivity contribution in [2.24, 2.45) is 0 Å². The van der Waals surface area contributed by atoms with Crippen molar-refractivity contribution in [3.05, 3.63) is 0 Å². The molecule has 1 heterocycles. The molecule has 1 fully saturated rings. The quantitative estimate of drug-likeness (QED) is 0.594. The highest BCUT2D eigenvalue weighted by Crippen LogP contribution is 2.08. The maximum absolute atomic E-state index is 10.4. The molecule has 0 spiro atoms. The van der Waals surface area contributed by atoms with Crippen LogP contribution in [0.3, 0.4) is 0 Å². The molecule has 1 amide bonds. The van der Waals surface area contributed by atoms with E-state index in [4.69, 9.17) is 0 Å². The molecule has 1 aliphatic heterocycles. The van der Waals surface area contributed by atoms with Crippen molar-refractivity contribution in [1.29, 1.82) is 0 Å². The Kier molecular flexibility index (Phi) is 4.18.